The Hall–Kier alpha value is -1.49. The van der Waals surface area contributed by atoms with E-state index in [1.807, 2.05) is 6.92 Å². The highest BCUT2D eigenvalue weighted by Gasteiger charge is 2.07. The first-order valence-corrected chi connectivity index (χ1v) is 5.85. The molecule has 0 amide bonds. The van der Waals surface area contributed by atoms with E-state index in [-0.39, 0.29) is 12.3 Å². The van der Waals surface area contributed by atoms with Crippen molar-refractivity contribution >= 4 is 5.97 Å². The second-order valence-corrected chi connectivity index (χ2v) is 4.39. The molecule has 5 heteroatoms. The van der Waals surface area contributed by atoms with E-state index < -0.39 is 17.6 Å². The SMILES string of the molecule is CC(CNCCc1cc(F)ccc1F)CC(=O)O. The molecule has 0 saturated heterocycles. The Labute approximate surface area is 105 Å². The van der Waals surface area contributed by atoms with Gasteiger partial charge < -0.3 is 10.4 Å². The van der Waals surface area contributed by atoms with Crippen LogP contribution in [0.15, 0.2) is 18.2 Å². The topological polar surface area (TPSA) is 49.3 Å². The summed E-state index contributed by atoms with van der Waals surface area (Å²) in [6.07, 6.45) is 0.477. The Morgan fingerprint density at radius 1 is 1.44 bits per heavy atom. The summed E-state index contributed by atoms with van der Waals surface area (Å²) in [7, 11) is 0. The Bertz CT molecular complexity index is 410. The van der Waals surface area contributed by atoms with E-state index in [2.05, 4.69) is 5.32 Å². The van der Waals surface area contributed by atoms with Gasteiger partial charge in [0, 0.05) is 6.42 Å². The normalized spacial score (nSPS) is 12.4. The largest absolute Gasteiger partial charge is 0.481 e. The first-order chi connectivity index (χ1) is 8.49. The molecule has 0 heterocycles. The number of hydrogen-bond donors (Lipinski definition) is 2. The molecule has 1 atom stereocenters. The monoisotopic (exact) mass is 257 g/mol. The first-order valence-electron chi connectivity index (χ1n) is 5.85. The van der Waals surface area contributed by atoms with Gasteiger partial charge in [-0.1, -0.05) is 6.92 Å². The van der Waals surface area contributed by atoms with Gasteiger partial charge in [-0.25, -0.2) is 8.78 Å². The highest BCUT2D eigenvalue weighted by atomic mass is 19.1. The Balaban J connectivity index is 2.29. The van der Waals surface area contributed by atoms with Crippen LogP contribution < -0.4 is 5.32 Å². The lowest BCUT2D eigenvalue weighted by Crippen LogP contribution is -2.25. The van der Waals surface area contributed by atoms with Crippen LogP contribution in [0.3, 0.4) is 0 Å². The summed E-state index contributed by atoms with van der Waals surface area (Å²) in [6, 6.07) is 3.37. The van der Waals surface area contributed by atoms with Gasteiger partial charge in [0.2, 0.25) is 0 Å². The summed E-state index contributed by atoms with van der Waals surface area (Å²) in [6.45, 7) is 2.86. The first kappa shape index (κ1) is 14.6. The molecule has 0 aliphatic carbocycles. The van der Waals surface area contributed by atoms with Crippen molar-refractivity contribution in [2.45, 2.75) is 19.8 Å². The van der Waals surface area contributed by atoms with Crippen LogP contribution in [0.5, 0.6) is 0 Å². The van der Waals surface area contributed by atoms with Crippen LogP contribution >= 0.6 is 0 Å². The van der Waals surface area contributed by atoms with Crippen molar-refractivity contribution in [3.8, 4) is 0 Å². The molecule has 0 fully saturated rings. The number of nitrogens with one attached hydrogen (secondary N) is 1. The van der Waals surface area contributed by atoms with Crippen LogP contribution in [0, 0.1) is 17.6 Å². The second kappa shape index (κ2) is 7.06. The zero-order valence-corrected chi connectivity index (χ0v) is 10.2. The number of aliphatic carboxylic acids is 1. The van der Waals surface area contributed by atoms with Crippen molar-refractivity contribution in [3.63, 3.8) is 0 Å². The van der Waals surface area contributed by atoms with Crippen molar-refractivity contribution in [3.05, 3.63) is 35.4 Å². The van der Waals surface area contributed by atoms with E-state index in [0.29, 0.717) is 25.1 Å². The maximum atomic E-state index is 13.3. The van der Waals surface area contributed by atoms with Crippen molar-refractivity contribution in [1.29, 1.82) is 0 Å². The molecule has 1 rings (SSSR count). The molecule has 0 spiro atoms. The van der Waals surface area contributed by atoms with Crippen molar-refractivity contribution < 1.29 is 18.7 Å². The van der Waals surface area contributed by atoms with Crippen LogP contribution in [0.25, 0.3) is 0 Å². The van der Waals surface area contributed by atoms with E-state index in [1.54, 1.807) is 0 Å². The standard InChI is InChI=1S/C13H17F2NO2/c1-9(6-13(17)18)8-16-5-4-10-7-11(14)2-3-12(10)15/h2-3,7,9,16H,4-6,8H2,1H3,(H,17,18). The van der Waals surface area contributed by atoms with Crippen molar-refractivity contribution in [2.24, 2.45) is 5.92 Å². The lowest BCUT2D eigenvalue weighted by Gasteiger charge is -2.10. The maximum Gasteiger partial charge on any atom is 0.303 e. The van der Waals surface area contributed by atoms with Gasteiger partial charge in [-0.05, 0) is 49.2 Å². The minimum Gasteiger partial charge on any atom is -0.481 e. The average molecular weight is 257 g/mol. The fourth-order valence-electron chi connectivity index (χ4n) is 1.68. The van der Waals surface area contributed by atoms with Gasteiger partial charge in [-0.2, -0.15) is 0 Å². The number of halogens is 2. The van der Waals surface area contributed by atoms with E-state index in [1.165, 1.54) is 6.07 Å². The molecular formula is C13H17F2NO2. The zero-order chi connectivity index (χ0) is 13.5. The highest BCUT2D eigenvalue weighted by molar-refractivity contribution is 5.66. The fourth-order valence-corrected chi connectivity index (χ4v) is 1.68. The fraction of sp³-hybridized carbons (Fsp3) is 0.462. The molecule has 3 nitrogen and oxygen atoms in total. The van der Waals surface area contributed by atoms with Gasteiger partial charge in [0.25, 0.3) is 0 Å². The number of carboxylic acids is 1. The third kappa shape index (κ3) is 5.23. The van der Waals surface area contributed by atoms with Gasteiger partial charge in [-0.15, -0.1) is 0 Å². The summed E-state index contributed by atoms with van der Waals surface area (Å²) >= 11 is 0. The molecule has 2 N–H and O–H groups in total. The number of hydrogen-bond acceptors (Lipinski definition) is 2. The van der Waals surface area contributed by atoms with Crippen molar-refractivity contribution in [2.75, 3.05) is 13.1 Å². The van der Waals surface area contributed by atoms with E-state index >= 15 is 0 Å². The summed E-state index contributed by atoms with van der Waals surface area (Å²) < 4.78 is 26.1. The van der Waals surface area contributed by atoms with Gasteiger partial charge in [0.1, 0.15) is 11.6 Å². The summed E-state index contributed by atoms with van der Waals surface area (Å²) in [5.74, 6) is -1.69. The lowest BCUT2D eigenvalue weighted by atomic mass is 10.1. The Kier molecular flexibility index (Phi) is 5.71. The highest BCUT2D eigenvalue weighted by Crippen LogP contribution is 2.09. The second-order valence-electron chi connectivity index (χ2n) is 4.39. The summed E-state index contributed by atoms with van der Waals surface area (Å²) in [4.78, 5) is 10.4. The number of carbonyl (C=O) groups is 1. The van der Waals surface area contributed by atoms with Crippen LogP contribution in [0.2, 0.25) is 0 Å². The molecule has 1 aromatic rings. The molecule has 0 aliphatic heterocycles. The lowest BCUT2D eigenvalue weighted by molar-refractivity contribution is -0.137. The van der Waals surface area contributed by atoms with Crippen LogP contribution in [0.4, 0.5) is 8.78 Å². The van der Waals surface area contributed by atoms with E-state index in [4.69, 9.17) is 5.11 Å². The molecule has 100 valence electrons. The third-order valence-corrected chi connectivity index (χ3v) is 2.59. The molecule has 0 aromatic heterocycles. The van der Waals surface area contributed by atoms with Crippen LogP contribution in [-0.2, 0) is 11.2 Å². The molecule has 0 aliphatic rings. The predicted molar refractivity (Wildman–Crippen MR) is 64.3 cm³/mol. The minimum absolute atomic E-state index is 0.0138. The number of benzene rings is 1. The van der Waals surface area contributed by atoms with Crippen molar-refractivity contribution in [1.82, 2.24) is 5.32 Å². The van der Waals surface area contributed by atoms with E-state index in [0.717, 1.165) is 12.1 Å². The third-order valence-electron chi connectivity index (χ3n) is 2.59. The zero-order valence-electron chi connectivity index (χ0n) is 10.2. The van der Waals surface area contributed by atoms with E-state index in [9.17, 15) is 13.6 Å². The van der Waals surface area contributed by atoms with Gasteiger partial charge in [-0.3, -0.25) is 4.79 Å². The van der Waals surface area contributed by atoms with Crippen LogP contribution in [-0.4, -0.2) is 24.2 Å². The molecule has 0 bridgehead atoms. The van der Waals surface area contributed by atoms with Crippen LogP contribution in [0.1, 0.15) is 18.9 Å². The molecule has 18 heavy (non-hydrogen) atoms. The predicted octanol–water partition coefficient (Wildman–Crippen LogP) is 2.21. The molecule has 0 saturated carbocycles. The average Bonchev–Trinajstić information content (AvgIpc) is 2.28. The van der Waals surface area contributed by atoms with Gasteiger partial charge >= 0.3 is 5.97 Å². The minimum atomic E-state index is -0.833. The Morgan fingerprint density at radius 3 is 2.83 bits per heavy atom. The Morgan fingerprint density at radius 2 is 2.17 bits per heavy atom. The van der Waals surface area contributed by atoms with Gasteiger partial charge in [0.15, 0.2) is 0 Å². The molecule has 0 radical (unpaired) electrons. The quantitative estimate of drug-likeness (QED) is 0.736. The molecule has 1 unspecified atom stereocenters. The smallest absolute Gasteiger partial charge is 0.303 e. The number of rotatable bonds is 7. The molecular weight excluding hydrogens is 240 g/mol. The summed E-state index contributed by atoms with van der Waals surface area (Å²) in [5, 5.41) is 11.6. The summed E-state index contributed by atoms with van der Waals surface area (Å²) in [5.41, 5.74) is 0.327. The molecule has 1 aromatic carbocycles. The van der Waals surface area contributed by atoms with Gasteiger partial charge in [0.05, 0.1) is 0 Å². The maximum absolute atomic E-state index is 13.3. The number of carboxylic acid groups (broad SMARTS) is 1.